The van der Waals surface area contributed by atoms with Crippen molar-refractivity contribution in [3.05, 3.63) is 35.9 Å². The van der Waals surface area contributed by atoms with Crippen LogP contribution in [0.15, 0.2) is 30.3 Å². The van der Waals surface area contributed by atoms with E-state index in [9.17, 15) is 9.59 Å². The van der Waals surface area contributed by atoms with Crippen molar-refractivity contribution in [1.29, 1.82) is 0 Å². The molecule has 110 valence electrons. The molecule has 0 heterocycles. The summed E-state index contributed by atoms with van der Waals surface area (Å²) in [4.78, 5) is 25.2. The van der Waals surface area contributed by atoms with E-state index in [4.69, 9.17) is 0 Å². The van der Waals surface area contributed by atoms with Crippen molar-refractivity contribution in [1.82, 2.24) is 15.5 Å². The molecule has 1 aromatic carbocycles. The molecule has 1 aromatic rings. The van der Waals surface area contributed by atoms with E-state index in [1.165, 1.54) is 0 Å². The van der Waals surface area contributed by atoms with Gasteiger partial charge in [0.1, 0.15) is 0 Å². The van der Waals surface area contributed by atoms with Gasteiger partial charge in [-0.2, -0.15) is 0 Å². The van der Waals surface area contributed by atoms with Crippen molar-refractivity contribution in [2.24, 2.45) is 0 Å². The second kappa shape index (κ2) is 9.09. The van der Waals surface area contributed by atoms with Crippen LogP contribution in [-0.4, -0.2) is 50.4 Å². The summed E-state index contributed by atoms with van der Waals surface area (Å²) in [6.45, 7) is 2.00. The van der Waals surface area contributed by atoms with Crippen LogP contribution in [0.1, 0.15) is 23.2 Å². The zero-order chi connectivity index (χ0) is 14.8. The van der Waals surface area contributed by atoms with Crippen LogP contribution in [0, 0.1) is 0 Å². The zero-order valence-electron chi connectivity index (χ0n) is 12.2. The summed E-state index contributed by atoms with van der Waals surface area (Å²) in [6.07, 6.45) is 1.11. The number of benzene rings is 1. The minimum Gasteiger partial charge on any atom is -0.352 e. The molecule has 0 saturated carbocycles. The van der Waals surface area contributed by atoms with E-state index in [0.29, 0.717) is 31.5 Å². The topological polar surface area (TPSA) is 61.4 Å². The van der Waals surface area contributed by atoms with Crippen LogP contribution < -0.4 is 10.6 Å². The van der Waals surface area contributed by atoms with Gasteiger partial charge in [0.05, 0.1) is 0 Å². The van der Waals surface area contributed by atoms with Crippen molar-refractivity contribution in [3.63, 3.8) is 0 Å². The Morgan fingerprint density at radius 3 is 2.50 bits per heavy atom. The minimum absolute atomic E-state index is 0.0958. The molecule has 2 amide bonds. The average molecular weight is 277 g/mol. The first-order chi connectivity index (χ1) is 9.65. The van der Waals surface area contributed by atoms with Crippen LogP contribution in [-0.2, 0) is 4.79 Å². The van der Waals surface area contributed by atoms with E-state index in [0.717, 1.165) is 6.54 Å². The molecular weight excluding hydrogens is 254 g/mol. The lowest BCUT2D eigenvalue weighted by Crippen LogP contribution is -2.33. The molecule has 5 nitrogen and oxygen atoms in total. The summed E-state index contributed by atoms with van der Waals surface area (Å²) < 4.78 is 0. The molecule has 0 unspecified atom stereocenters. The highest BCUT2D eigenvalue weighted by Gasteiger charge is 2.08. The number of nitrogens with one attached hydrogen (secondary N) is 2. The minimum atomic E-state index is -0.0958. The second-order valence-corrected chi connectivity index (χ2v) is 4.64. The van der Waals surface area contributed by atoms with Gasteiger partial charge in [0.15, 0.2) is 0 Å². The van der Waals surface area contributed by atoms with Gasteiger partial charge >= 0.3 is 0 Å². The van der Waals surface area contributed by atoms with Crippen LogP contribution in [0.5, 0.6) is 0 Å². The zero-order valence-corrected chi connectivity index (χ0v) is 12.2. The van der Waals surface area contributed by atoms with E-state index in [1.54, 1.807) is 24.1 Å². The van der Waals surface area contributed by atoms with Crippen LogP contribution in [0.2, 0.25) is 0 Å². The number of likely N-dealkylation sites (N-methyl/N-ethyl adjacent to an activating group) is 2. The Morgan fingerprint density at radius 2 is 1.85 bits per heavy atom. The Balaban J connectivity index is 2.18. The number of nitrogens with zero attached hydrogens (tertiary/aromatic N) is 1. The molecule has 0 bridgehead atoms. The first-order valence-electron chi connectivity index (χ1n) is 6.87. The standard InChI is InChI=1S/C15H23N3O2/c1-16-11-12-18(2)14(19)9-6-10-17-15(20)13-7-4-3-5-8-13/h3-5,7-8,16H,6,9-12H2,1-2H3,(H,17,20). The van der Waals surface area contributed by atoms with E-state index in [-0.39, 0.29) is 11.8 Å². The van der Waals surface area contributed by atoms with Crippen molar-refractivity contribution >= 4 is 11.8 Å². The lowest BCUT2D eigenvalue weighted by atomic mass is 10.2. The van der Waals surface area contributed by atoms with Gasteiger partial charge in [-0.25, -0.2) is 0 Å². The van der Waals surface area contributed by atoms with Gasteiger partial charge in [-0.1, -0.05) is 18.2 Å². The Labute approximate surface area is 120 Å². The van der Waals surface area contributed by atoms with E-state index < -0.39 is 0 Å². The number of hydrogen-bond donors (Lipinski definition) is 2. The normalized spacial score (nSPS) is 10.1. The maximum absolute atomic E-state index is 11.7. The van der Waals surface area contributed by atoms with Gasteiger partial charge in [0, 0.05) is 38.7 Å². The fourth-order valence-corrected chi connectivity index (χ4v) is 1.73. The first kappa shape index (κ1) is 16.2. The highest BCUT2D eigenvalue weighted by Crippen LogP contribution is 1.99. The van der Waals surface area contributed by atoms with Crippen molar-refractivity contribution in [2.45, 2.75) is 12.8 Å². The molecule has 2 N–H and O–H groups in total. The molecule has 0 aliphatic carbocycles. The predicted octanol–water partition coefficient (Wildman–Crippen LogP) is 0.874. The first-order valence-corrected chi connectivity index (χ1v) is 6.87. The molecule has 0 aliphatic rings. The lowest BCUT2D eigenvalue weighted by Gasteiger charge is -2.16. The van der Waals surface area contributed by atoms with Crippen molar-refractivity contribution in [3.8, 4) is 0 Å². The SMILES string of the molecule is CNCCN(C)C(=O)CCCNC(=O)c1ccccc1. The summed E-state index contributed by atoms with van der Waals surface area (Å²) in [5.74, 6) is 0.01000. The fraction of sp³-hybridized carbons (Fsp3) is 0.467. The maximum Gasteiger partial charge on any atom is 0.251 e. The van der Waals surface area contributed by atoms with E-state index in [2.05, 4.69) is 10.6 Å². The number of hydrogen-bond acceptors (Lipinski definition) is 3. The fourth-order valence-electron chi connectivity index (χ4n) is 1.73. The molecule has 20 heavy (non-hydrogen) atoms. The number of amides is 2. The van der Waals surface area contributed by atoms with Crippen LogP contribution in [0.25, 0.3) is 0 Å². The lowest BCUT2D eigenvalue weighted by molar-refractivity contribution is -0.129. The van der Waals surface area contributed by atoms with Gasteiger partial charge in [-0.05, 0) is 25.6 Å². The molecule has 0 radical (unpaired) electrons. The van der Waals surface area contributed by atoms with Gasteiger partial charge in [0.2, 0.25) is 5.91 Å². The van der Waals surface area contributed by atoms with E-state index in [1.807, 2.05) is 25.2 Å². The van der Waals surface area contributed by atoms with Gasteiger partial charge in [0.25, 0.3) is 5.91 Å². The average Bonchev–Trinajstić information content (AvgIpc) is 2.49. The smallest absolute Gasteiger partial charge is 0.251 e. The van der Waals surface area contributed by atoms with Crippen LogP contribution in [0.4, 0.5) is 0 Å². The van der Waals surface area contributed by atoms with Crippen molar-refractivity contribution in [2.75, 3.05) is 33.7 Å². The summed E-state index contributed by atoms with van der Waals surface area (Å²) in [6, 6.07) is 9.07. The Kier molecular flexibility index (Phi) is 7.35. The number of rotatable bonds is 8. The molecule has 0 aromatic heterocycles. The van der Waals surface area contributed by atoms with Crippen molar-refractivity contribution < 1.29 is 9.59 Å². The third-order valence-corrected chi connectivity index (χ3v) is 3.01. The molecule has 0 atom stereocenters. The summed E-state index contributed by atoms with van der Waals surface area (Å²) in [7, 11) is 3.65. The Bertz CT molecular complexity index is 420. The molecule has 0 spiro atoms. The van der Waals surface area contributed by atoms with Crippen LogP contribution in [0.3, 0.4) is 0 Å². The third-order valence-electron chi connectivity index (χ3n) is 3.01. The summed E-state index contributed by atoms with van der Waals surface area (Å²) in [5, 5.41) is 5.82. The summed E-state index contributed by atoms with van der Waals surface area (Å²) in [5.41, 5.74) is 0.643. The largest absolute Gasteiger partial charge is 0.352 e. The highest BCUT2D eigenvalue weighted by molar-refractivity contribution is 5.94. The monoisotopic (exact) mass is 277 g/mol. The quantitative estimate of drug-likeness (QED) is 0.693. The molecular formula is C15H23N3O2. The third kappa shape index (κ3) is 5.84. The molecule has 5 heteroatoms. The molecule has 1 rings (SSSR count). The Hall–Kier alpha value is -1.88. The molecule has 0 aliphatic heterocycles. The molecule has 0 fully saturated rings. The van der Waals surface area contributed by atoms with Gasteiger partial charge in [-0.15, -0.1) is 0 Å². The van der Waals surface area contributed by atoms with Gasteiger partial charge in [-0.3, -0.25) is 9.59 Å². The predicted molar refractivity (Wildman–Crippen MR) is 79.6 cm³/mol. The highest BCUT2D eigenvalue weighted by atomic mass is 16.2. The van der Waals surface area contributed by atoms with Gasteiger partial charge < -0.3 is 15.5 Å². The summed E-state index contributed by atoms with van der Waals surface area (Å²) >= 11 is 0. The number of carbonyl (C=O) groups excluding carboxylic acids is 2. The van der Waals surface area contributed by atoms with Crippen LogP contribution >= 0.6 is 0 Å². The second-order valence-electron chi connectivity index (χ2n) is 4.64. The molecule has 0 saturated heterocycles. The van der Waals surface area contributed by atoms with E-state index >= 15 is 0 Å². The maximum atomic E-state index is 11.7. The number of carbonyl (C=O) groups is 2. The Morgan fingerprint density at radius 1 is 1.15 bits per heavy atom.